The van der Waals surface area contributed by atoms with E-state index in [1.165, 1.54) is 12.1 Å². The Morgan fingerprint density at radius 3 is 2.58 bits per heavy atom. The van der Waals surface area contributed by atoms with E-state index in [2.05, 4.69) is 11.4 Å². The molecule has 1 aliphatic carbocycles. The van der Waals surface area contributed by atoms with Crippen LogP contribution in [0.5, 0.6) is 5.75 Å². The number of hydrogen-bond donors (Lipinski definition) is 1. The summed E-state index contributed by atoms with van der Waals surface area (Å²) in [6.45, 7) is 2.57. The van der Waals surface area contributed by atoms with Gasteiger partial charge in [-0.1, -0.05) is 29.8 Å². The third-order valence-corrected chi connectivity index (χ3v) is 4.65. The topological polar surface area (TPSA) is 41.6 Å². The number of amides is 1. The standard InChI is InChI=1S/C21H25FN2O2/c1-14-4-11-19(26-3)16(12-14)13-24(2)20(21(25)23-18-9-10-18)15-5-7-17(22)8-6-15/h4-8,11-12,18,20H,9-10,13H2,1-3H3,(H,23,25)/t20-/m1/s1. The zero-order valence-corrected chi connectivity index (χ0v) is 15.5. The number of ether oxygens (including phenoxy) is 1. The van der Waals surface area contributed by atoms with Crippen LogP contribution in [0.1, 0.15) is 35.6 Å². The van der Waals surface area contributed by atoms with Gasteiger partial charge in [0.1, 0.15) is 17.6 Å². The van der Waals surface area contributed by atoms with Crippen LogP contribution in [0.25, 0.3) is 0 Å². The summed E-state index contributed by atoms with van der Waals surface area (Å²) >= 11 is 0. The van der Waals surface area contributed by atoms with Crippen LogP contribution in [-0.4, -0.2) is 31.0 Å². The highest BCUT2D eigenvalue weighted by atomic mass is 19.1. The lowest BCUT2D eigenvalue weighted by atomic mass is 10.0. The molecule has 5 heteroatoms. The number of methoxy groups -OCH3 is 1. The molecule has 0 spiro atoms. The van der Waals surface area contributed by atoms with Crippen LogP contribution in [0.3, 0.4) is 0 Å². The Hall–Kier alpha value is -2.40. The van der Waals surface area contributed by atoms with Crippen LogP contribution in [0.15, 0.2) is 42.5 Å². The molecule has 0 bridgehead atoms. The van der Waals surface area contributed by atoms with Gasteiger partial charge in [-0.05, 0) is 50.6 Å². The highest BCUT2D eigenvalue weighted by molar-refractivity contribution is 5.83. The van der Waals surface area contributed by atoms with E-state index in [1.807, 2.05) is 31.0 Å². The van der Waals surface area contributed by atoms with Crippen molar-refractivity contribution in [3.8, 4) is 5.75 Å². The predicted octanol–water partition coefficient (Wildman–Crippen LogP) is 3.59. The molecule has 1 amide bonds. The molecule has 0 radical (unpaired) electrons. The first-order chi connectivity index (χ1) is 12.5. The van der Waals surface area contributed by atoms with Crippen molar-refractivity contribution in [2.75, 3.05) is 14.2 Å². The average Bonchev–Trinajstić information content (AvgIpc) is 3.41. The summed E-state index contributed by atoms with van der Waals surface area (Å²) in [6, 6.07) is 11.9. The fourth-order valence-corrected chi connectivity index (χ4v) is 3.15. The van der Waals surface area contributed by atoms with Crippen LogP contribution in [0.2, 0.25) is 0 Å². The molecule has 1 saturated carbocycles. The first kappa shape index (κ1) is 18.4. The normalized spacial score (nSPS) is 15.0. The lowest BCUT2D eigenvalue weighted by Gasteiger charge is -2.28. The molecule has 2 aromatic carbocycles. The minimum absolute atomic E-state index is 0.0479. The number of benzene rings is 2. The maximum Gasteiger partial charge on any atom is 0.242 e. The SMILES string of the molecule is COc1ccc(C)cc1CN(C)[C@@H](C(=O)NC1CC1)c1ccc(F)cc1. The first-order valence-corrected chi connectivity index (χ1v) is 8.87. The molecule has 0 unspecified atom stereocenters. The molecule has 0 heterocycles. The van der Waals surface area contributed by atoms with E-state index in [4.69, 9.17) is 4.74 Å². The summed E-state index contributed by atoms with van der Waals surface area (Å²) < 4.78 is 18.8. The van der Waals surface area contributed by atoms with E-state index >= 15 is 0 Å². The summed E-state index contributed by atoms with van der Waals surface area (Å²) in [4.78, 5) is 14.8. The second-order valence-corrected chi connectivity index (χ2v) is 6.97. The molecule has 4 nitrogen and oxygen atoms in total. The van der Waals surface area contributed by atoms with Gasteiger partial charge in [0, 0.05) is 18.2 Å². The van der Waals surface area contributed by atoms with Crippen molar-refractivity contribution in [2.45, 2.75) is 38.4 Å². The third kappa shape index (κ3) is 4.41. The Labute approximate surface area is 154 Å². The molecule has 0 aromatic heterocycles. The molecular formula is C21H25FN2O2. The molecule has 138 valence electrons. The van der Waals surface area contributed by atoms with Crippen molar-refractivity contribution in [2.24, 2.45) is 0 Å². The molecule has 0 saturated heterocycles. The lowest BCUT2D eigenvalue weighted by molar-refractivity contribution is -0.126. The average molecular weight is 356 g/mol. The van der Waals surface area contributed by atoms with Gasteiger partial charge in [0.15, 0.2) is 0 Å². The van der Waals surface area contributed by atoms with Crippen molar-refractivity contribution < 1.29 is 13.9 Å². The number of aryl methyl sites for hydroxylation is 1. The van der Waals surface area contributed by atoms with E-state index in [0.717, 1.165) is 35.3 Å². The van der Waals surface area contributed by atoms with E-state index < -0.39 is 6.04 Å². The highest BCUT2D eigenvalue weighted by Gasteiger charge is 2.31. The van der Waals surface area contributed by atoms with Crippen LogP contribution < -0.4 is 10.1 Å². The van der Waals surface area contributed by atoms with Crippen molar-refractivity contribution in [3.05, 3.63) is 65.0 Å². The molecule has 0 aliphatic heterocycles. The second-order valence-electron chi connectivity index (χ2n) is 6.97. The molecule has 1 atom stereocenters. The fourth-order valence-electron chi connectivity index (χ4n) is 3.15. The summed E-state index contributed by atoms with van der Waals surface area (Å²) in [5.74, 6) is 0.439. The number of nitrogens with one attached hydrogen (secondary N) is 1. The summed E-state index contributed by atoms with van der Waals surface area (Å²) in [6.07, 6.45) is 2.05. The Kier molecular flexibility index (Phi) is 5.57. The van der Waals surface area contributed by atoms with Gasteiger partial charge in [-0.2, -0.15) is 0 Å². The number of nitrogens with zero attached hydrogens (tertiary/aromatic N) is 1. The highest BCUT2D eigenvalue weighted by Crippen LogP contribution is 2.28. The van der Waals surface area contributed by atoms with Crippen LogP contribution in [0, 0.1) is 12.7 Å². The van der Waals surface area contributed by atoms with Crippen LogP contribution >= 0.6 is 0 Å². The van der Waals surface area contributed by atoms with Crippen molar-refractivity contribution in [1.29, 1.82) is 0 Å². The first-order valence-electron chi connectivity index (χ1n) is 8.87. The number of carbonyl (C=O) groups is 1. The van der Waals surface area contributed by atoms with Gasteiger partial charge < -0.3 is 10.1 Å². The zero-order valence-electron chi connectivity index (χ0n) is 15.5. The van der Waals surface area contributed by atoms with Gasteiger partial charge in [-0.15, -0.1) is 0 Å². The van der Waals surface area contributed by atoms with Gasteiger partial charge in [0.2, 0.25) is 5.91 Å². The number of carbonyl (C=O) groups excluding carboxylic acids is 1. The zero-order chi connectivity index (χ0) is 18.7. The van der Waals surface area contributed by atoms with Gasteiger partial charge in [0.25, 0.3) is 0 Å². The van der Waals surface area contributed by atoms with E-state index in [1.54, 1.807) is 19.2 Å². The molecule has 1 aliphatic rings. The van der Waals surface area contributed by atoms with Gasteiger partial charge in [-0.25, -0.2) is 4.39 Å². The van der Waals surface area contributed by atoms with E-state index in [9.17, 15) is 9.18 Å². The Balaban J connectivity index is 1.86. The molecule has 1 fully saturated rings. The molecule has 2 aromatic rings. The maximum absolute atomic E-state index is 13.3. The smallest absolute Gasteiger partial charge is 0.242 e. The van der Waals surface area contributed by atoms with Crippen molar-refractivity contribution in [1.82, 2.24) is 10.2 Å². The van der Waals surface area contributed by atoms with Gasteiger partial charge in [0.05, 0.1) is 7.11 Å². The largest absolute Gasteiger partial charge is 0.496 e. The van der Waals surface area contributed by atoms with Crippen molar-refractivity contribution >= 4 is 5.91 Å². The number of likely N-dealkylation sites (N-methyl/N-ethyl adjacent to an activating group) is 1. The molecule has 26 heavy (non-hydrogen) atoms. The Morgan fingerprint density at radius 1 is 1.27 bits per heavy atom. The quantitative estimate of drug-likeness (QED) is 0.824. The number of rotatable bonds is 7. The monoisotopic (exact) mass is 356 g/mol. The van der Waals surface area contributed by atoms with Crippen LogP contribution in [-0.2, 0) is 11.3 Å². The Bertz CT molecular complexity index is 772. The van der Waals surface area contributed by atoms with E-state index in [-0.39, 0.29) is 17.8 Å². The van der Waals surface area contributed by atoms with Gasteiger partial charge >= 0.3 is 0 Å². The summed E-state index contributed by atoms with van der Waals surface area (Å²) in [7, 11) is 3.55. The van der Waals surface area contributed by atoms with Crippen LogP contribution in [0.4, 0.5) is 4.39 Å². The summed E-state index contributed by atoms with van der Waals surface area (Å²) in [5.41, 5.74) is 2.93. The molecule has 3 rings (SSSR count). The lowest BCUT2D eigenvalue weighted by Crippen LogP contribution is -2.39. The minimum atomic E-state index is -0.485. The third-order valence-electron chi connectivity index (χ3n) is 4.65. The Morgan fingerprint density at radius 2 is 1.96 bits per heavy atom. The predicted molar refractivity (Wildman–Crippen MR) is 99.5 cm³/mol. The second kappa shape index (κ2) is 7.87. The fraction of sp³-hybridized carbons (Fsp3) is 0.381. The molecular weight excluding hydrogens is 331 g/mol. The van der Waals surface area contributed by atoms with Gasteiger partial charge in [-0.3, -0.25) is 9.69 Å². The molecule has 1 N–H and O–H groups in total. The number of halogens is 1. The summed E-state index contributed by atoms with van der Waals surface area (Å²) in [5, 5.41) is 3.07. The minimum Gasteiger partial charge on any atom is -0.496 e. The van der Waals surface area contributed by atoms with Crippen molar-refractivity contribution in [3.63, 3.8) is 0 Å². The maximum atomic E-state index is 13.3. The number of hydrogen-bond acceptors (Lipinski definition) is 3. The van der Waals surface area contributed by atoms with E-state index in [0.29, 0.717) is 6.54 Å².